The maximum atomic E-state index is 10.7. The van der Waals surface area contributed by atoms with Gasteiger partial charge in [-0.2, -0.15) is 9.78 Å². The van der Waals surface area contributed by atoms with E-state index in [-0.39, 0.29) is 68.5 Å². The van der Waals surface area contributed by atoms with Crippen LogP contribution in [0.3, 0.4) is 0 Å². The molecule has 2 rings (SSSR count). The monoisotopic (exact) mass is 566 g/mol. The van der Waals surface area contributed by atoms with Crippen molar-refractivity contribution in [2.24, 2.45) is 0 Å². The van der Waals surface area contributed by atoms with Crippen LogP contribution in [0.25, 0.3) is 0 Å². The SMILES string of the molecule is C=CC(=O)OCCOOc1ccccc1C(=O)[O-].C=CC(=O)OCCOOc1ccccc1C(=O)[O-].[Zn+2]. The Morgan fingerprint density at radius 1 is 0.649 bits per heavy atom. The van der Waals surface area contributed by atoms with Crippen LogP contribution in [0.15, 0.2) is 73.8 Å². The van der Waals surface area contributed by atoms with Crippen LogP contribution in [-0.2, 0) is 48.3 Å². The van der Waals surface area contributed by atoms with Crippen LogP contribution in [-0.4, -0.2) is 50.3 Å². The summed E-state index contributed by atoms with van der Waals surface area (Å²) in [7, 11) is 0. The Kier molecular flexibility index (Phi) is 17.1. The summed E-state index contributed by atoms with van der Waals surface area (Å²) < 4.78 is 9.23. The topological polar surface area (TPSA) is 170 Å². The number of benzene rings is 2. The first-order valence-corrected chi connectivity index (χ1v) is 10.1. The Morgan fingerprint density at radius 3 is 1.32 bits per heavy atom. The summed E-state index contributed by atoms with van der Waals surface area (Å²) in [6, 6.07) is 11.7. The van der Waals surface area contributed by atoms with Gasteiger partial charge in [-0.15, -0.1) is 0 Å². The van der Waals surface area contributed by atoms with Crippen molar-refractivity contribution in [3.8, 4) is 11.5 Å². The molecule has 2 aromatic rings. The Hall–Kier alpha value is -4.06. The van der Waals surface area contributed by atoms with Gasteiger partial charge in [-0.25, -0.2) is 9.59 Å². The summed E-state index contributed by atoms with van der Waals surface area (Å²) in [5, 5.41) is 21.4. The molecule has 0 N–H and O–H groups in total. The number of carboxylic acid groups (broad SMARTS) is 2. The molecule has 0 fully saturated rings. The van der Waals surface area contributed by atoms with E-state index in [1.54, 1.807) is 12.1 Å². The average molecular weight is 568 g/mol. The first kappa shape index (κ1) is 32.9. The van der Waals surface area contributed by atoms with Crippen LogP contribution < -0.4 is 20.0 Å². The van der Waals surface area contributed by atoms with Gasteiger partial charge >= 0.3 is 31.4 Å². The van der Waals surface area contributed by atoms with Gasteiger partial charge in [0.15, 0.2) is 11.5 Å². The third kappa shape index (κ3) is 13.6. The fraction of sp³-hybridized carbons (Fsp3) is 0.167. The number of esters is 2. The van der Waals surface area contributed by atoms with Gasteiger partial charge in [-0.1, -0.05) is 37.4 Å². The minimum Gasteiger partial charge on any atom is -0.545 e. The van der Waals surface area contributed by atoms with Gasteiger partial charge in [0.2, 0.25) is 0 Å². The van der Waals surface area contributed by atoms with Crippen LogP contribution in [0.4, 0.5) is 0 Å². The summed E-state index contributed by atoms with van der Waals surface area (Å²) in [6.07, 6.45) is 2.04. The van der Waals surface area contributed by atoms with E-state index in [1.165, 1.54) is 36.4 Å². The summed E-state index contributed by atoms with van der Waals surface area (Å²) in [4.78, 5) is 61.7. The zero-order chi connectivity index (χ0) is 26.8. The summed E-state index contributed by atoms with van der Waals surface area (Å²) in [5.74, 6) is -3.85. The molecule has 0 aliphatic carbocycles. The van der Waals surface area contributed by atoms with Crippen molar-refractivity contribution in [1.29, 1.82) is 0 Å². The molecule has 0 aliphatic heterocycles. The van der Waals surface area contributed by atoms with Gasteiger partial charge in [0.05, 0.1) is 11.9 Å². The second-order valence-electron chi connectivity index (χ2n) is 6.12. The Morgan fingerprint density at radius 2 is 1.00 bits per heavy atom. The minimum atomic E-state index is -1.37. The number of ether oxygens (including phenoxy) is 2. The van der Waals surface area contributed by atoms with Crippen molar-refractivity contribution in [2.45, 2.75) is 0 Å². The number of para-hydroxylation sites is 2. The van der Waals surface area contributed by atoms with Crippen molar-refractivity contribution >= 4 is 23.9 Å². The smallest absolute Gasteiger partial charge is 0.545 e. The van der Waals surface area contributed by atoms with E-state index in [1.807, 2.05) is 0 Å². The fourth-order valence-electron chi connectivity index (χ4n) is 2.10. The molecule has 0 amide bonds. The van der Waals surface area contributed by atoms with E-state index in [4.69, 9.17) is 19.6 Å². The Labute approximate surface area is 224 Å². The third-order valence-electron chi connectivity index (χ3n) is 3.67. The fourth-order valence-corrected chi connectivity index (χ4v) is 2.10. The molecule has 0 atom stereocenters. The van der Waals surface area contributed by atoms with Gasteiger partial charge in [0.1, 0.15) is 26.4 Å². The van der Waals surface area contributed by atoms with E-state index in [0.717, 1.165) is 12.2 Å². The molecule has 37 heavy (non-hydrogen) atoms. The largest absolute Gasteiger partial charge is 2.00 e. The number of carboxylic acids is 2. The molecule has 0 heterocycles. The van der Waals surface area contributed by atoms with Gasteiger partial charge in [0.25, 0.3) is 0 Å². The van der Waals surface area contributed by atoms with Crippen LogP contribution in [0, 0.1) is 0 Å². The van der Waals surface area contributed by atoms with E-state index in [9.17, 15) is 29.4 Å². The molecule has 0 saturated heterocycles. The number of hydrogen-bond donors (Lipinski definition) is 0. The van der Waals surface area contributed by atoms with E-state index in [0.29, 0.717) is 0 Å². The zero-order valence-corrected chi connectivity index (χ0v) is 22.6. The number of carbonyl (C=O) groups excluding carboxylic acids is 4. The molecular weight excluding hydrogens is 546 g/mol. The molecule has 0 spiro atoms. The molecule has 2 aromatic carbocycles. The molecule has 0 radical (unpaired) electrons. The molecule has 192 valence electrons. The van der Waals surface area contributed by atoms with Gasteiger partial charge in [0, 0.05) is 23.3 Å². The molecule has 12 nitrogen and oxygen atoms in total. The quantitative estimate of drug-likeness (QED) is 0.0758. The minimum absolute atomic E-state index is 0. The average Bonchev–Trinajstić information content (AvgIpc) is 2.88. The Bertz CT molecular complexity index is 970. The number of aromatic carboxylic acids is 2. The molecule has 0 saturated carbocycles. The summed E-state index contributed by atoms with van der Waals surface area (Å²) >= 11 is 0. The molecule has 0 bridgehead atoms. The first-order chi connectivity index (χ1) is 17.3. The predicted molar refractivity (Wildman–Crippen MR) is 117 cm³/mol. The van der Waals surface area contributed by atoms with Crippen LogP contribution in [0.1, 0.15) is 20.7 Å². The van der Waals surface area contributed by atoms with E-state index in [2.05, 4.69) is 22.6 Å². The van der Waals surface area contributed by atoms with Crippen molar-refractivity contribution < 1.29 is 77.9 Å². The normalized spacial score (nSPS) is 9.30. The zero-order valence-electron chi connectivity index (χ0n) is 19.6. The van der Waals surface area contributed by atoms with E-state index < -0.39 is 23.9 Å². The van der Waals surface area contributed by atoms with Crippen molar-refractivity contribution in [1.82, 2.24) is 0 Å². The molecule has 13 heteroatoms. The van der Waals surface area contributed by atoms with Crippen molar-refractivity contribution in [3.63, 3.8) is 0 Å². The predicted octanol–water partition coefficient (Wildman–Crippen LogP) is 0.177. The number of rotatable bonds is 14. The second kappa shape index (κ2) is 19.2. The molecule has 0 aliphatic rings. The van der Waals surface area contributed by atoms with Crippen molar-refractivity contribution in [3.05, 3.63) is 85.0 Å². The second-order valence-corrected chi connectivity index (χ2v) is 6.12. The summed E-state index contributed by atoms with van der Waals surface area (Å²) in [6.45, 7) is 6.30. The van der Waals surface area contributed by atoms with Crippen molar-refractivity contribution in [2.75, 3.05) is 26.4 Å². The molecule has 0 unspecified atom stereocenters. The van der Waals surface area contributed by atoms with Crippen LogP contribution in [0.2, 0.25) is 0 Å². The summed E-state index contributed by atoms with van der Waals surface area (Å²) in [5.41, 5.74) is -0.249. The van der Waals surface area contributed by atoms with E-state index >= 15 is 0 Å². The maximum Gasteiger partial charge on any atom is 2.00 e. The molecule has 0 aromatic heterocycles. The van der Waals surface area contributed by atoms with Crippen LogP contribution >= 0.6 is 0 Å². The first-order valence-electron chi connectivity index (χ1n) is 10.1. The van der Waals surface area contributed by atoms with Gasteiger partial charge in [-0.05, 0) is 24.3 Å². The van der Waals surface area contributed by atoms with Gasteiger partial charge < -0.3 is 39.1 Å². The van der Waals surface area contributed by atoms with Gasteiger partial charge in [-0.3, -0.25) is 0 Å². The maximum absolute atomic E-state index is 10.7. The molecular formula is C24H22O12Zn. The Balaban J connectivity index is 0.000000682. The third-order valence-corrected chi connectivity index (χ3v) is 3.67. The number of hydrogen-bond acceptors (Lipinski definition) is 12. The number of carbonyl (C=O) groups is 4. The standard InChI is InChI=1S/2C12H12O6.Zn/c2*1-2-11(13)16-7-8-17-18-10-6-4-3-5-9(10)12(14)15;/h2*2-6H,1,7-8H2,(H,14,15);/q;;+2/p-2. The van der Waals surface area contributed by atoms with Crippen LogP contribution in [0.5, 0.6) is 11.5 Å².